The molecule has 136 valence electrons. The van der Waals surface area contributed by atoms with Gasteiger partial charge in [-0.1, -0.05) is 12.1 Å². The molecule has 6 nitrogen and oxygen atoms in total. The zero-order chi connectivity index (χ0) is 18.5. The first-order valence-electron chi connectivity index (χ1n) is 8.70. The first-order chi connectivity index (χ1) is 12.5. The summed E-state index contributed by atoms with van der Waals surface area (Å²) in [7, 11) is 0. The monoisotopic (exact) mass is 354 g/mol. The van der Waals surface area contributed by atoms with Gasteiger partial charge in [-0.15, -0.1) is 0 Å². The number of aliphatic carboxylic acids is 1. The summed E-state index contributed by atoms with van der Waals surface area (Å²) < 4.78 is 5.72. The van der Waals surface area contributed by atoms with Gasteiger partial charge in [0.15, 0.2) is 0 Å². The average Bonchev–Trinajstić information content (AvgIpc) is 3.08. The molecule has 0 bridgehead atoms. The number of carbonyl (C=O) groups is 2. The Labute approximate surface area is 152 Å². The number of benzene rings is 1. The highest BCUT2D eigenvalue weighted by atomic mass is 16.5. The number of nitrogens with zero attached hydrogens (tertiary/aromatic N) is 2. The Morgan fingerprint density at radius 1 is 1.31 bits per heavy atom. The number of amides is 1. The molecule has 1 aliphatic rings. The van der Waals surface area contributed by atoms with Gasteiger partial charge < -0.3 is 14.7 Å². The number of carbonyl (C=O) groups excluding carboxylic acids is 1. The summed E-state index contributed by atoms with van der Waals surface area (Å²) in [6.45, 7) is 2.85. The summed E-state index contributed by atoms with van der Waals surface area (Å²) in [5.74, 6) is -0.315. The van der Waals surface area contributed by atoms with Crippen molar-refractivity contribution in [3.05, 3.63) is 59.4 Å². The lowest BCUT2D eigenvalue weighted by Crippen LogP contribution is -2.36. The summed E-state index contributed by atoms with van der Waals surface area (Å²) in [6.07, 6.45) is 3.24. The summed E-state index contributed by atoms with van der Waals surface area (Å²) in [6, 6.07) is 10.8. The summed E-state index contributed by atoms with van der Waals surface area (Å²) in [4.78, 5) is 29.6. The molecule has 0 spiro atoms. The van der Waals surface area contributed by atoms with E-state index in [4.69, 9.17) is 9.84 Å². The molecule has 0 saturated carbocycles. The molecule has 6 heteroatoms. The van der Waals surface area contributed by atoms with Crippen LogP contribution in [0.5, 0.6) is 5.75 Å². The Morgan fingerprint density at radius 3 is 2.88 bits per heavy atom. The molecule has 1 aromatic heterocycles. The van der Waals surface area contributed by atoms with E-state index in [1.54, 1.807) is 23.2 Å². The van der Waals surface area contributed by atoms with E-state index in [-0.39, 0.29) is 18.4 Å². The van der Waals surface area contributed by atoms with E-state index in [2.05, 4.69) is 4.98 Å². The van der Waals surface area contributed by atoms with Crippen LogP contribution in [0.2, 0.25) is 0 Å². The summed E-state index contributed by atoms with van der Waals surface area (Å²) >= 11 is 0. The molecule has 1 N–H and O–H groups in total. The number of carboxylic acid groups (broad SMARTS) is 1. The number of likely N-dealkylation sites (tertiary alicyclic amines) is 1. The normalized spacial score (nSPS) is 16.5. The van der Waals surface area contributed by atoms with E-state index in [1.165, 1.54) is 0 Å². The Morgan fingerprint density at radius 2 is 2.15 bits per heavy atom. The number of aryl methyl sites for hydroxylation is 1. The van der Waals surface area contributed by atoms with Crippen LogP contribution in [0, 0.1) is 6.92 Å². The smallest absolute Gasteiger partial charge is 0.305 e. The van der Waals surface area contributed by atoms with E-state index >= 15 is 0 Å². The third-order valence-corrected chi connectivity index (χ3v) is 4.51. The van der Waals surface area contributed by atoms with Crippen molar-refractivity contribution in [1.82, 2.24) is 9.88 Å². The molecule has 0 radical (unpaired) electrons. The molecule has 1 atom stereocenters. The Hall–Kier alpha value is -2.89. The fourth-order valence-electron chi connectivity index (χ4n) is 3.18. The highest BCUT2D eigenvalue weighted by Gasteiger charge is 2.30. The van der Waals surface area contributed by atoms with Gasteiger partial charge in [-0.05, 0) is 49.6 Å². The van der Waals surface area contributed by atoms with E-state index in [9.17, 15) is 9.59 Å². The molecule has 2 heterocycles. The van der Waals surface area contributed by atoms with Crippen LogP contribution in [0.25, 0.3) is 0 Å². The van der Waals surface area contributed by atoms with Gasteiger partial charge in [0.05, 0.1) is 12.6 Å². The standard InChI is InChI=1S/C20H22N2O4/c1-14-7-8-18(12-21-14)26-13-15-4-2-5-16(10-15)20(25)22-9-3-6-17(22)11-19(23)24/h2,4-5,7-8,10,12,17H,3,6,9,11,13H2,1H3,(H,23,24). The molecule has 1 amide bonds. The van der Waals surface area contributed by atoms with Crippen LogP contribution in [0.4, 0.5) is 0 Å². The number of rotatable bonds is 6. The zero-order valence-electron chi connectivity index (χ0n) is 14.7. The first-order valence-corrected chi connectivity index (χ1v) is 8.70. The van der Waals surface area contributed by atoms with Gasteiger partial charge in [0.2, 0.25) is 0 Å². The largest absolute Gasteiger partial charge is 0.487 e. The Balaban J connectivity index is 1.67. The van der Waals surface area contributed by atoms with Gasteiger partial charge in [-0.25, -0.2) is 0 Å². The van der Waals surface area contributed by atoms with Crippen LogP contribution < -0.4 is 4.74 Å². The number of hydrogen-bond donors (Lipinski definition) is 1. The predicted octanol–water partition coefficient (Wildman–Crippen LogP) is 3.05. The number of carboxylic acids is 1. The Bertz CT molecular complexity index is 789. The lowest BCUT2D eigenvalue weighted by Gasteiger charge is -2.23. The molecule has 1 unspecified atom stereocenters. The van der Waals surface area contributed by atoms with Crippen molar-refractivity contribution in [2.75, 3.05) is 6.54 Å². The van der Waals surface area contributed by atoms with Crippen LogP contribution in [0.1, 0.15) is 40.9 Å². The topological polar surface area (TPSA) is 79.7 Å². The molecular weight excluding hydrogens is 332 g/mol. The third kappa shape index (κ3) is 4.39. The van der Waals surface area contributed by atoms with Gasteiger partial charge in [0.1, 0.15) is 12.4 Å². The van der Waals surface area contributed by atoms with Crippen molar-refractivity contribution in [2.45, 2.75) is 38.8 Å². The van der Waals surface area contributed by atoms with E-state index < -0.39 is 5.97 Å². The van der Waals surface area contributed by atoms with Crippen molar-refractivity contribution in [2.24, 2.45) is 0 Å². The number of hydrogen-bond acceptors (Lipinski definition) is 4. The lowest BCUT2D eigenvalue weighted by molar-refractivity contribution is -0.137. The van der Waals surface area contributed by atoms with E-state index in [0.29, 0.717) is 24.5 Å². The van der Waals surface area contributed by atoms with E-state index in [1.807, 2.05) is 31.2 Å². The maximum absolute atomic E-state index is 12.8. The van der Waals surface area contributed by atoms with Gasteiger partial charge in [0.25, 0.3) is 5.91 Å². The second kappa shape index (κ2) is 7.99. The fourth-order valence-corrected chi connectivity index (χ4v) is 3.18. The van der Waals surface area contributed by atoms with Crippen molar-refractivity contribution >= 4 is 11.9 Å². The highest BCUT2D eigenvalue weighted by Crippen LogP contribution is 2.23. The van der Waals surface area contributed by atoms with Crippen LogP contribution >= 0.6 is 0 Å². The second-order valence-corrected chi connectivity index (χ2v) is 6.52. The molecule has 0 aliphatic carbocycles. The van der Waals surface area contributed by atoms with Gasteiger partial charge in [-0.3, -0.25) is 14.6 Å². The quantitative estimate of drug-likeness (QED) is 0.862. The average molecular weight is 354 g/mol. The zero-order valence-corrected chi connectivity index (χ0v) is 14.7. The Kier molecular flexibility index (Phi) is 5.51. The van der Waals surface area contributed by atoms with Crippen LogP contribution in [0.3, 0.4) is 0 Å². The second-order valence-electron chi connectivity index (χ2n) is 6.52. The van der Waals surface area contributed by atoms with E-state index in [0.717, 1.165) is 24.1 Å². The fraction of sp³-hybridized carbons (Fsp3) is 0.350. The predicted molar refractivity (Wildman–Crippen MR) is 96.1 cm³/mol. The number of aromatic nitrogens is 1. The van der Waals surface area contributed by atoms with Crippen molar-refractivity contribution in [1.29, 1.82) is 0 Å². The molecule has 3 rings (SSSR count). The van der Waals surface area contributed by atoms with Gasteiger partial charge in [-0.2, -0.15) is 0 Å². The minimum absolute atomic E-state index is 0.00499. The molecule has 2 aromatic rings. The van der Waals surface area contributed by atoms with Crippen molar-refractivity contribution in [3.63, 3.8) is 0 Å². The minimum Gasteiger partial charge on any atom is -0.487 e. The molecule has 1 saturated heterocycles. The number of pyridine rings is 1. The summed E-state index contributed by atoms with van der Waals surface area (Å²) in [5.41, 5.74) is 2.36. The highest BCUT2D eigenvalue weighted by molar-refractivity contribution is 5.95. The molecule has 1 aromatic carbocycles. The van der Waals surface area contributed by atoms with Crippen LogP contribution in [-0.2, 0) is 11.4 Å². The van der Waals surface area contributed by atoms with Crippen molar-refractivity contribution in [3.8, 4) is 5.75 Å². The maximum atomic E-state index is 12.8. The first kappa shape index (κ1) is 17.9. The molecule has 26 heavy (non-hydrogen) atoms. The van der Waals surface area contributed by atoms with Crippen molar-refractivity contribution < 1.29 is 19.4 Å². The lowest BCUT2D eigenvalue weighted by atomic mass is 10.1. The summed E-state index contributed by atoms with van der Waals surface area (Å²) in [5, 5.41) is 9.02. The molecular formula is C20H22N2O4. The third-order valence-electron chi connectivity index (χ3n) is 4.51. The minimum atomic E-state index is -0.872. The molecule has 1 aliphatic heterocycles. The number of ether oxygens (including phenoxy) is 1. The maximum Gasteiger partial charge on any atom is 0.305 e. The van der Waals surface area contributed by atoms with Crippen LogP contribution in [0.15, 0.2) is 42.6 Å². The van der Waals surface area contributed by atoms with Gasteiger partial charge >= 0.3 is 5.97 Å². The molecule has 1 fully saturated rings. The van der Waals surface area contributed by atoms with Crippen LogP contribution in [-0.4, -0.2) is 39.5 Å². The van der Waals surface area contributed by atoms with Gasteiger partial charge in [0, 0.05) is 23.8 Å². The SMILES string of the molecule is Cc1ccc(OCc2cccc(C(=O)N3CCCC3CC(=O)O)c2)cn1.